The number of likely N-dealkylation sites (tertiary alicyclic amines) is 1. The second kappa shape index (κ2) is 9.10. The van der Waals surface area contributed by atoms with Crippen molar-refractivity contribution < 1.29 is 14.3 Å². The van der Waals surface area contributed by atoms with E-state index in [4.69, 9.17) is 4.74 Å². The molecule has 2 saturated heterocycles. The molecule has 34 heavy (non-hydrogen) atoms. The van der Waals surface area contributed by atoms with Gasteiger partial charge in [-0.25, -0.2) is 4.79 Å². The Bertz CT molecular complexity index is 1280. The van der Waals surface area contributed by atoms with Crippen molar-refractivity contribution in [2.24, 2.45) is 7.05 Å². The zero-order chi connectivity index (χ0) is 23.8. The molecule has 178 valence electrons. The molecule has 0 saturated carbocycles. The maximum absolute atomic E-state index is 13.5. The zero-order valence-corrected chi connectivity index (χ0v) is 19.6. The van der Waals surface area contributed by atoms with E-state index in [-0.39, 0.29) is 30.5 Å². The lowest BCUT2D eigenvalue weighted by molar-refractivity contribution is -0.151. The summed E-state index contributed by atoms with van der Waals surface area (Å²) in [6.07, 6.45) is 2.70. The van der Waals surface area contributed by atoms with E-state index in [2.05, 4.69) is 17.4 Å². The molecule has 0 bridgehead atoms. The maximum atomic E-state index is 13.5. The van der Waals surface area contributed by atoms with E-state index in [0.717, 1.165) is 42.5 Å². The van der Waals surface area contributed by atoms with E-state index in [9.17, 15) is 14.4 Å². The van der Waals surface area contributed by atoms with E-state index in [1.165, 1.54) is 10.5 Å². The number of piperidine rings is 2. The fourth-order valence-corrected chi connectivity index (χ4v) is 5.23. The van der Waals surface area contributed by atoms with E-state index in [1.807, 2.05) is 18.2 Å². The SMILES string of the molecule is COc1ccc(CN2C(=O)CCC(n3c(=O)n(C)c4cc(C5CCNCC5)ccc43)C2=O)cc1. The van der Waals surface area contributed by atoms with Crippen LogP contribution in [-0.2, 0) is 23.2 Å². The van der Waals surface area contributed by atoms with Crippen LogP contribution in [0.2, 0.25) is 0 Å². The van der Waals surface area contributed by atoms with E-state index in [1.54, 1.807) is 35.4 Å². The molecule has 2 aromatic carbocycles. The molecule has 3 heterocycles. The van der Waals surface area contributed by atoms with Crippen LogP contribution in [0.3, 0.4) is 0 Å². The van der Waals surface area contributed by atoms with Crippen LogP contribution >= 0.6 is 0 Å². The number of nitrogens with zero attached hydrogens (tertiary/aromatic N) is 3. The Morgan fingerprint density at radius 3 is 2.41 bits per heavy atom. The van der Waals surface area contributed by atoms with E-state index < -0.39 is 6.04 Å². The molecular weight excluding hydrogens is 432 g/mol. The van der Waals surface area contributed by atoms with E-state index >= 15 is 0 Å². The number of imidazole rings is 1. The van der Waals surface area contributed by atoms with Crippen LogP contribution in [0.15, 0.2) is 47.3 Å². The minimum Gasteiger partial charge on any atom is -0.497 e. The van der Waals surface area contributed by atoms with Gasteiger partial charge in [0.15, 0.2) is 0 Å². The number of hydrogen-bond donors (Lipinski definition) is 1. The maximum Gasteiger partial charge on any atom is 0.329 e. The van der Waals surface area contributed by atoms with Crippen molar-refractivity contribution in [3.63, 3.8) is 0 Å². The molecule has 5 rings (SSSR count). The molecule has 1 atom stereocenters. The number of rotatable bonds is 5. The van der Waals surface area contributed by atoms with Crippen LogP contribution in [-0.4, -0.2) is 46.0 Å². The van der Waals surface area contributed by atoms with Gasteiger partial charge in [0, 0.05) is 13.5 Å². The molecule has 2 aliphatic heterocycles. The molecule has 1 N–H and O–H groups in total. The zero-order valence-electron chi connectivity index (χ0n) is 19.6. The van der Waals surface area contributed by atoms with Gasteiger partial charge in [0.2, 0.25) is 5.91 Å². The average molecular weight is 463 g/mol. The number of fused-ring (bicyclic) bond motifs is 1. The number of methoxy groups -OCH3 is 1. The van der Waals surface area contributed by atoms with E-state index in [0.29, 0.717) is 18.1 Å². The van der Waals surface area contributed by atoms with Crippen LogP contribution in [0.4, 0.5) is 0 Å². The number of carbonyl (C=O) groups is 2. The summed E-state index contributed by atoms with van der Waals surface area (Å²) in [5.74, 6) is 0.643. The minimum atomic E-state index is -0.697. The summed E-state index contributed by atoms with van der Waals surface area (Å²) >= 11 is 0. The first-order chi connectivity index (χ1) is 16.5. The topological polar surface area (TPSA) is 85.6 Å². The van der Waals surface area contributed by atoms with Gasteiger partial charge in [0.05, 0.1) is 24.7 Å². The van der Waals surface area contributed by atoms with Crippen LogP contribution in [0.25, 0.3) is 11.0 Å². The lowest BCUT2D eigenvalue weighted by Crippen LogP contribution is -2.47. The molecular formula is C26H30N4O4. The molecule has 2 aliphatic rings. The predicted octanol–water partition coefficient (Wildman–Crippen LogP) is 2.71. The van der Waals surface area contributed by atoms with Crippen LogP contribution in [0.1, 0.15) is 48.8 Å². The first-order valence-corrected chi connectivity index (χ1v) is 11.9. The Morgan fingerprint density at radius 1 is 0.971 bits per heavy atom. The number of benzene rings is 2. The standard InChI is InChI=1S/C26H30N4O4/c1-28-23-15-19(18-11-13-27-14-12-18)5-8-21(23)30(26(28)33)22-9-10-24(31)29(25(22)32)16-17-3-6-20(34-2)7-4-17/h3-8,15,18,22,27H,9-14,16H2,1-2H3. The molecule has 0 aliphatic carbocycles. The molecule has 2 amide bonds. The number of aromatic nitrogens is 2. The fraction of sp³-hybridized carbons (Fsp3) is 0.423. The van der Waals surface area contributed by atoms with Gasteiger partial charge in [0.1, 0.15) is 11.8 Å². The van der Waals surface area contributed by atoms with Crippen molar-refractivity contribution >= 4 is 22.8 Å². The monoisotopic (exact) mass is 462 g/mol. The largest absolute Gasteiger partial charge is 0.497 e. The van der Waals surface area contributed by atoms with Gasteiger partial charge in [-0.05, 0) is 73.7 Å². The van der Waals surface area contributed by atoms with Crippen molar-refractivity contribution in [1.29, 1.82) is 0 Å². The number of amides is 2. The number of ether oxygens (including phenoxy) is 1. The molecule has 0 radical (unpaired) electrons. The lowest BCUT2D eigenvalue weighted by Gasteiger charge is -2.31. The van der Waals surface area contributed by atoms with Crippen LogP contribution < -0.4 is 15.7 Å². The quantitative estimate of drug-likeness (QED) is 0.590. The van der Waals surface area contributed by atoms with Gasteiger partial charge < -0.3 is 10.1 Å². The number of aryl methyl sites for hydroxylation is 1. The van der Waals surface area contributed by atoms with Gasteiger partial charge in [-0.3, -0.25) is 23.6 Å². The first-order valence-electron chi connectivity index (χ1n) is 11.9. The van der Waals surface area contributed by atoms with Crippen molar-refractivity contribution in [3.8, 4) is 5.75 Å². The molecule has 1 aromatic heterocycles. The normalized spacial score (nSPS) is 19.7. The van der Waals surface area contributed by atoms with Crippen LogP contribution in [0, 0.1) is 0 Å². The average Bonchev–Trinajstić information content (AvgIpc) is 3.12. The summed E-state index contributed by atoms with van der Waals surface area (Å²) < 4.78 is 8.39. The number of imide groups is 1. The Labute approximate surface area is 198 Å². The highest BCUT2D eigenvalue weighted by Gasteiger charge is 2.37. The second-order valence-corrected chi connectivity index (χ2v) is 9.20. The molecule has 3 aromatic rings. The Balaban J connectivity index is 1.47. The predicted molar refractivity (Wildman–Crippen MR) is 129 cm³/mol. The molecule has 1 unspecified atom stereocenters. The summed E-state index contributed by atoms with van der Waals surface area (Å²) in [6.45, 7) is 2.17. The highest BCUT2D eigenvalue weighted by molar-refractivity contribution is 6.00. The third kappa shape index (κ3) is 3.92. The smallest absolute Gasteiger partial charge is 0.329 e. The summed E-state index contributed by atoms with van der Waals surface area (Å²) in [4.78, 5) is 40.7. The molecule has 0 spiro atoms. The third-order valence-electron chi connectivity index (χ3n) is 7.22. The third-order valence-corrected chi connectivity index (χ3v) is 7.22. The number of nitrogens with one attached hydrogen (secondary N) is 1. The van der Waals surface area contributed by atoms with Crippen molar-refractivity contribution in [1.82, 2.24) is 19.4 Å². The Kier molecular flexibility index (Phi) is 6.00. The molecule has 8 nitrogen and oxygen atoms in total. The number of carbonyl (C=O) groups excluding carboxylic acids is 2. The van der Waals surface area contributed by atoms with Gasteiger partial charge in [0.25, 0.3) is 5.91 Å². The summed E-state index contributed by atoms with van der Waals surface area (Å²) in [7, 11) is 3.34. The highest BCUT2D eigenvalue weighted by atomic mass is 16.5. The van der Waals surface area contributed by atoms with Crippen molar-refractivity contribution in [3.05, 3.63) is 64.1 Å². The minimum absolute atomic E-state index is 0.178. The van der Waals surface area contributed by atoms with Crippen molar-refractivity contribution in [2.75, 3.05) is 20.2 Å². The Hall–Kier alpha value is -3.39. The van der Waals surface area contributed by atoms with Gasteiger partial charge in [-0.2, -0.15) is 0 Å². The van der Waals surface area contributed by atoms with Crippen LogP contribution in [0.5, 0.6) is 5.75 Å². The van der Waals surface area contributed by atoms with Gasteiger partial charge in [-0.15, -0.1) is 0 Å². The summed E-state index contributed by atoms with van der Waals surface area (Å²) in [5, 5.41) is 3.39. The molecule has 2 fully saturated rings. The summed E-state index contributed by atoms with van der Waals surface area (Å²) in [5.41, 5.74) is 3.40. The molecule has 8 heteroatoms. The first kappa shape index (κ1) is 22.4. The number of hydrogen-bond acceptors (Lipinski definition) is 5. The lowest BCUT2D eigenvalue weighted by atomic mass is 9.90. The Morgan fingerprint density at radius 2 is 1.71 bits per heavy atom. The van der Waals surface area contributed by atoms with Gasteiger partial charge in [-0.1, -0.05) is 18.2 Å². The van der Waals surface area contributed by atoms with Crippen molar-refractivity contribution in [2.45, 2.75) is 44.2 Å². The summed E-state index contributed by atoms with van der Waals surface area (Å²) in [6, 6.07) is 12.7. The highest BCUT2D eigenvalue weighted by Crippen LogP contribution is 2.31. The van der Waals surface area contributed by atoms with Gasteiger partial charge >= 0.3 is 5.69 Å². The fourth-order valence-electron chi connectivity index (χ4n) is 5.23. The second-order valence-electron chi connectivity index (χ2n) is 9.20.